The summed E-state index contributed by atoms with van der Waals surface area (Å²) in [5, 5.41) is 0. The van der Waals surface area contributed by atoms with Gasteiger partial charge in [0, 0.05) is 0 Å². The number of hydrogen-bond acceptors (Lipinski definition) is 1. The van der Waals surface area contributed by atoms with Crippen LogP contribution in [-0.4, -0.2) is 6.54 Å². The van der Waals surface area contributed by atoms with Crippen molar-refractivity contribution in [2.75, 3.05) is 6.54 Å². The molecular formula is C21H38ClN. The number of halogens is 1. The van der Waals surface area contributed by atoms with E-state index in [-0.39, 0.29) is 4.87 Å². The van der Waals surface area contributed by atoms with Crippen LogP contribution in [0.3, 0.4) is 0 Å². The van der Waals surface area contributed by atoms with Gasteiger partial charge in [0.1, 0.15) is 0 Å². The summed E-state index contributed by atoms with van der Waals surface area (Å²) in [7, 11) is 0. The van der Waals surface area contributed by atoms with E-state index >= 15 is 0 Å². The number of hydrogen-bond donors (Lipinski definition) is 1. The Hall–Kier alpha value is -0.530. The molecule has 0 radical (unpaired) electrons. The summed E-state index contributed by atoms with van der Waals surface area (Å²) < 4.78 is 0. The standard InChI is InChI=1S/C12H27N.C9H11Cl/c1-2-3-4-5-6-7-8-9-10-11-12-13;1-9(2,10)8-6-4-3-5-7-8/h2-13H2,1H3;3-7H,1-2H3. The Balaban J connectivity index is 0.000000433. The molecule has 1 rings (SSSR count). The van der Waals surface area contributed by atoms with E-state index in [1.807, 2.05) is 44.2 Å². The highest BCUT2D eigenvalue weighted by Gasteiger charge is 2.14. The topological polar surface area (TPSA) is 26.0 Å². The largest absolute Gasteiger partial charge is 0.330 e. The number of benzene rings is 1. The second-order valence-corrected chi connectivity index (χ2v) is 7.75. The fourth-order valence-electron chi connectivity index (χ4n) is 2.47. The number of alkyl halides is 1. The van der Waals surface area contributed by atoms with Gasteiger partial charge in [-0.3, -0.25) is 0 Å². The van der Waals surface area contributed by atoms with Gasteiger partial charge in [0.2, 0.25) is 0 Å². The van der Waals surface area contributed by atoms with Gasteiger partial charge in [0.15, 0.2) is 0 Å². The fraction of sp³-hybridized carbons (Fsp3) is 0.714. The van der Waals surface area contributed by atoms with Gasteiger partial charge in [0.25, 0.3) is 0 Å². The van der Waals surface area contributed by atoms with E-state index in [2.05, 4.69) is 6.92 Å². The van der Waals surface area contributed by atoms with Crippen LogP contribution in [0.25, 0.3) is 0 Å². The molecule has 2 N–H and O–H groups in total. The van der Waals surface area contributed by atoms with Crippen molar-refractivity contribution in [2.24, 2.45) is 5.73 Å². The van der Waals surface area contributed by atoms with E-state index in [1.165, 1.54) is 64.2 Å². The van der Waals surface area contributed by atoms with Crippen LogP contribution in [0.4, 0.5) is 0 Å². The molecule has 1 aromatic rings. The molecule has 1 nitrogen and oxygen atoms in total. The van der Waals surface area contributed by atoms with Crippen molar-refractivity contribution < 1.29 is 0 Å². The van der Waals surface area contributed by atoms with Crippen molar-refractivity contribution in [2.45, 2.75) is 89.9 Å². The van der Waals surface area contributed by atoms with E-state index in [1.54, 1.807) is 0 Å². The average Bonchev–Trinajstić information content (AvgIpc) is 2.54. The van der Waals surface area contributed by atoms with E-state index in [4.69, 9.17) is 17.3 Å². The molecule has 0 aliphatic heterocycles. The lowest BCUT2D eigenvalue weighted by atomic mass is 10.0. The molecule has 0 spiro atoms. The van der Waals surface area contributed by atoms with E-state index < -0.39 is 0 Å². The summed E-state index contributed by atoms with van der Waals surface area (Å²) in [4.78, 5) is -0.235. The van der Waals surface area contributed by atoms with Gasteiger partial charge in [0.05, 0.1) is 4.87 Å². The molecule has 0 fully saturated rings. The molecule has 134 valence electrons. The first-order chi connectivity index (χ1) is 11.0. The highest BCUT2D eigenvalue weighted by Crippen LogP contribution is 2.26. The van der Waals surface area contributed by atoms with Crippen LogP contribution in [-0.2, 0) is 4.87 Å². The molecule has 0 aliphatic rings. The van der Waals surface area contributed by atoms with Crippen molar-refractivity contribution >= 4 is 11.6 Å². The zero-order valence-electron chi connectivity index (χ0n) is 15.6. The minimum absolute atomic E-state index is 0.235. The third-order valence-electron chi connectivity index (χ3n) is 4.02. The first-order valence-corrected chi connectivity index (χ1v) is 9.84. The summed E-state index contributed by atoms with van der Waals surface area (Å²) >= 11 is 6.06. The van der Waals surface area contributed by atoms with Gasteiger partial charge in [-0.2, -0.15) is 0 Å². The van der Waals surface area contributed by atoms with Crippen LogP contribution in [0.15, 0.2) is 30.3 Å². The molecule has 0 saturated heterocycles. The van der Waals surface area contributed by atoms with Crippen LogP contribution in [0.5, 0.6) is 0 Å². The maximum atomic E-state index is 6.06. The van der Waals surface area contributed by atoms with E-state index in [0.717, 1.165) is 12.1 Å². The molecule has 0 atom stereocenters. The highest BCUT2D eigenvalue weighted by atomic mass is 35.5. The Bertz CT molecular complexity index is 333. The molecule has 2 heteroatoms. The minimum Gasteiger partial charge on any atom is -0.330 e. The molecule has 0 saturated carbocycles. The Morgan fingerprint density at radius 3 is 1.57 bits per heavy atom. The molecule has 23 heavy (non-hydrogen) atoms. The summed E-state index contributed by atoms with van der Waals surface area (Å²) in [6, 6.07) is 10.1. The van der Waals surface area contributed by atoms with Crippen molar-refractivity contribution in [3.8, 4) is 0 Å². The smallest absolute Gasteiger partial charge is 0.0638 e. The maximum absolute atomic E-state index is 6.06. The summed E-state index contributed by atoms with van der Waals surface area (Å²) in [6.45, 7) is 7.12. The van der Waals surface area contributed by atoms with E-state index in [9.17, 15) is 0 Å². The number of nitrogens with two attached hydrogens (primary N) is 1. The number of rotatable bonds is 11. The van der Waals surface area contributed by atoms with Crippen molar-refractivity contribution in [1.29, 1.82) is 0 Å². The third-order valence-corrected chi connectivity index (χ3v) is 4.24. The van der Waals surface area contributed by atoms with Crippen LogP contribution in [0.1, 0.15) is 90.5 Å². The van der Waals surface area contributed by atoms with Crippen molar-refractivity contribution in [3.05, 3.63) is 35.9 Å². The zero-order chi connectivity index (χ0) is 17.4. The Morgan fingerprint density at radius 2 is 1.22 bits per heavy atom. The minimum atomic E-state index is -0.235. The van der Waals surface area contributed by atoms with Gasteiger partial charge in [-0.05, 0) is 32.4 Å². The molecule has 0 bridgehead atoms. The van der Waals surface area contributed by atoms with Crippen LogP contribution in [0, 0.1) is 0 Å². The Morgan fingerprint density at radius 1 is 0.783 bits per heavy atom. The van der Waals surface area contributed by atoms with Gasteiger partial charge in [-0.15, -0.1) is 11.6 Å². The third kappa shape index (κ3) is 14.8. The van der Waals surface area contributed by atoms with Crippen LogP contribution < -0.4 is 5.73 Å². The van der Waals surface area contributed by atoms with E-state index in [0.29, 0.717) is 0 Å². The molecular weight excluding hydrogens is 302 g/mol. The summed E-state index contributed by atoms with van der Waals surface area (Å²) in [5.74, 6) is 0. The predicted molar refractivity (Wildman–Crippen MR) is 106 cm³/mol. The second kappa shape index (κ2) is 15.0. The molecule has 0 heterocycles. The summed E-state index contributed by atoms with van der Waals surface area (Å²) in [5.41, 5.74) is 6.59. The van der Waals surface area contributed by atoms with Gasteiger partial charge < -0.3 is 5.73 Å². The predicted octanol–water partition coefficient (Wildman–Crippen LogP) is 7.03. The lowest BCUT2D eigenvalue weighted by Gasteiger charge is -2.15. The fourth-order valence-corrected chi connectivity index (χ4v) is 2.59. The lowest BCUT2D eigenvalue weighted by molar-refractivity contribution is 0.558. The average molecular weight is 340 g/mol. The van der Waals surface area contributed by atoms with Gasteiger partial charge >= 0.3 is 0 Å². The molecule has 0 amide bonds. The first kappa shape index (κ1) is 22.5. The summed E-state index contributed by atoms with van der Waals surface area (Å²) in [6.07, 6.45) is 13.9. The molecule has 0 unspecified atom stereocenters. The first-order valence-electron chi connectivity index (χ1n) is 9.47. The lowest BCUT2D eigenvalue weighted by Crippen LogP contribution is -2.06. The quantitative estimate of drug-likeness (QED) is 0.340. The van der Waals surface area contributed by atoms with Crippen molar-refractivity contribution in [3.63, 3.8) is 0 Å². The Labute approximate surface area is 150 Å². The Kier molecular flexibility index (Phi) is 14.7. The second-order valence-electron chi connectivity index (χ2n) is 6.81. The molecule has 0 aromatic heterocycles. The monoisotopic (exact) mass is 339 g/mol. The van der Waals surface area contributed by atoms with Crippen LogP contribution >= 0.6 is 11.6 Å². The normalized spacial score (nSPS) is 11.0. The zero-order valence-corrected chi connectivity index (χ0v) is 16.4. The maximum Gasteiger partial charge on any atom is 0.0638 e. The van der Waals surface area contributed by atoms with Crippen LogP contribution in [0.2, 0.25) is 0 Å². The van der Waals surface area contributed by atoms with Gasteiger partial charge in [-0.1, -0.05) is 95.0 Å². The highest BCUT2D eigenvalue weighted by molar-refractivity contribution is 6.23. The molecule has 1 aromatic carbocycles. The number of unbranched alkanes of at least 4 members (excludes halogenated alkanes) is 9. The van der Waals surface area contributed by atoms with Crippen molar-refractivity contribution in [1.82, 2.24) is 0 Å². The SMILES string of the molecule is CC(C)(Cl)c1ccccc1.CCCCCCCCCCCCN. The van der Waals surface area contributed by atoms with Gasteiger partial charge in [-0.25, -0.2) is 0 Å². The molecule has 0 aliphatic carbocycles.